The number of hydrogen-bond donors (Lipinski definition) is 1. The molecule has 80 valence electrons. The monoisotopic (exact) mass is 222 g/mol. The Morgan fingerprint density at radius 1 is 1.47 bits per heavy atom. The second-order valence-corrected chi connectivity index (χ2v) is 3.64. The van der Waals surface area contributed by atoms with Crippen LogP contribution in [0.1, 0.15) is 12.7 Å². The fourth-order valence-electron chi connectivity index (χ4n) is 1.63. The standard InChI is InChI=1S/C11H14N2OS/c1-3-14-8-4-5-10-9(6-8)12-11(7-15)13(10)2/h4-6,15H,3,7H2,1-2H3. The largest absolute Gasteiger partial charge is 0.494 e. The van der Waals surface area contributed by atoms with Crippen molar-refractivity contribution in [2.75, 3.05) is 6.61 Å². The van der Waals surface area contributed by atoms with E-state index in [-0.39, 0.29) is 0 Å². The summed E-state index contributed by atoms with van der Waals surface area (Å²) < 4.78 is 7.48. The minimum atomic E-state index is 0.648. The molecule has 0 saturated carbocycles. The summed E-state index contributed by atoms with van der Waals surface area (Å²) in [5.41, 5.74) is 2.08. The van der Waals surface area contributed by atoms with Gasteiger partial charge in [-0.15, -0.1) is 0 Å². The Labute approximate surface area is 94.5 Å². The van der Waals surface area contributed by atoms with E-state index in [0.29, 0.717) is 12.4 Å². The van der Waals surface area contributed by atoms with Crippen LogP contribution in [0.4, 0.5) is 0 Å². The van der Waals surface area contributed by atoms with E-state index in [1.807, 2.05) is 32.2 Å². The van der Waals surface area contributed by atoms with E-state index in [0.717, 1.165) is 22.6 Å². The first-order valence-electron chi connectivity index (χ1n) is 4.95. The normalized spacial score (nSPS) is 10.9. The summed E-state index contributed by atoms with van der Waals surface area (Å²) in [6.45, 7) is 2.65. The second-order valence-electron chi connectivity index (χ2n) is 3.33. The zero-order valence-electron chi connectivity index (χ0n) is 8.90. The number of thiol groups is 1. The summed E-state index contributed by atoms with van der Waals surface area (Å²) in [6.07, 6.45) is 0. The highest BCUT2D eigenvalue weighted by molar-refractivity contribution is 7.79. The quantitative estimate of drug-likeness (QED) is 0.807. The molecule has 1 heterocycles. The van der Waals surface area contributed by atoms with Crippen molar-refractivity contribution in [3.8, 4) is 5.75 Å². The third-order valence-electron chi connectivity index (χ3n) is 2.40. The van der Waals surface area contributed by atoms with Gasteiger partial charge in [-0.2, -0.15) is 12.6 Å². The van der Waals surface area contributed by atoms with Crippen LogP contribution in [0.3, 0.4) is 0 Å². The third kappa shape index (κ3) is 1.81. The lowest BCUT2D eigenvalue weighted by Gasteiger charge is -2.02. The molecule has 0 fully saturated rings. The lowest BCUT2D eigenvalue weighted by molar-refractivity contribution is 0.340. The molecule has 15 heavy (non-hydrogen) atoms. The molecule has 0 unspecified atom stereocenters. The highest BCUT2D eigenvalue weighted by atomic mass is 32.1. The van der Waals surface area contributed by atoms with E-state index in [2.05, 4.69) is 22.2 Å². The summed E-state index contributed by atoms with van der Waals surface area (Å²) in [7, 11) is 2.00. The van der Waals surface area contributed by atoms with Crippen LogP contribution in [0, 0.1) is 0 Å². The number of fused-ring (bicyclic) bond motifs is 1. The molecule has 1 aromatic carbocycles. The highest BCUT2D eigenvalue weighted by Crippen LogP contribution is 2.21. The lowest BCUT2D eigenvalue weighted by atomic mass is 10.3. The molecule has 0 atom stereocenters. The van der Waals surface area contributed by atoms with Crippen LogP contribution in [-0.4, -0.2) is 16.2 Å². The summed E-state index contributed by atoms with van der Waals surface area (Å²) in [5, 5.41) is 0. The average Bonchev–Trinajstić information content (AvgIpc) is 2.56. The van der Waals surface area contributed by atoms with Crippen LogP contribution in [-0.2, 0) is 12.8 Å². The Hall–Kier alpha value is -1.16. The number of aryl methyl sites for hydroxylation is 1. The Bertz CT molecular complexity index is 479. The van der Waals surface area contributed by atoms with Crippen molar-refractivity contribution in [3.63, 3.8) is 0 Å². The van der Waals surface area contributed by atoms with Gasteiger partial charge in [0.1, 0.15) is 11.6 Å². The molecule has 0 aliphatic carbocycles. The molecule has 0 radical (unpaired) electrons. The van der Waals surface area contributed by atoms with E-state index in [1.165, 1.54) is 0 Å². The number of rotatable bonds is 3. The van der Waals surface area contributed by atoms with E-state index >= 15 is 0 Å². The molecule has 1 aromatic heterocycles. The molecule has 2 aromatic rings. The van der Waals surface area contributed by atoms with Crippen molar-refractivity contribution in [1.82, 2.24) is 9.55 Å². The number of nitrogens with zero attached hydrogens (tertiary/aromatic N) is 2. The van der Waals surface area contributed by atoms with Gasteiger partial charge in [0.05, 0.1) is 17.6 Å². The van der Waals surface area contributed by atoms with Gasteiger partial charge in [0.25, 0.3) is 0 Å². The van der Waals surface area contributed by atoms with E-state index < -0.39 is 0 Å². The molecular formula is C11H14N2OS. The molecular weight excluding hydrogens is 208 g/mol. The van der Waals surface area contributed by atoms with Gasteiger partial charge in [-0.1, -0.05) is 0 Å². The number of ether oxygens (including phenoxy) is 1. The molecule has 0 aliphatic heterocycles. The molecule has 0 aliphatic rings. The molecule has 0 spiro atoms. The molecule has 0 bridgehead atoms. The van der Waals surface area contributed by atoms with Gasteiger partial charge in [-0.05, 0) is 19.1 Å². The SMILES string of the molecule is CCOc1ccc2c(c1)nc(CS)n2C. The van der Waals surface area contributed by atoms with Crippen molar-refractivity contribution in [2.24, 2.45) is 7.05 Å². The molecule has 3 nitrogen and oxygen atoms in total. The van der Waals surface area contributed by atoms with Crippen molar-refractivity contribution in [1.29, 1.82) is 0 Å². The Balaban J connectivity index is 2.53. The van der Waals surface area contributed by atoms with Gasteiger partial charge in [0.2, 0.25) is 0 Å². The second kappa shape index (κ2) is 4.14. The summed E-state index contributed by atoms with van der Waals surface area (Å²) in [4.78, 5) is 4.48. The first kappa shape index (κ1) is 10.4. The summed E-state index contributed by atoms with van der Waals surface area (Å²) >= 11 is 4.24. The fraction of sp³-hybridized carbons (Fsp3) is 0.364. The number of benzene rings is 1. The first-order valence-corrected chi connectivity index (χ1v) is 5.58. The molecule has 2 rings (SSSR count). The topological polar surface area (TPSA) is 27.1 Å². The molecule has 0 saturated heterocycles. The lowest BCUT2D eigenvalue weighted by Crippen LogP contribution is -1.94. The Kier molecular flexibility index (Phi) is 2.86. The van der Waals surface area contributed by atoms with Crippen LogP contribution in [0.15, 0.2) is 18.2 Å². The predicted molar refractivity (Wildman–Crippen MR) is 64.6 cm³/mol. The van der Waals surface area contributed by atoms with Crippen LogP contribution < -0.4 is 4.74 Å². The number of aromatic nitrogens is 2. The Morgan fingerprint density at radius 2 is 2.27 bits per heavy atom. The number of hydrogen-bond acceptors (Lipinski definition) is 3. The van der Waals surface area contributed by atoms with E-state index in [4.69, 9.17) is 4.74 Å². The predicted octanol–water partition coefficient (Wildman–Crippen LogP) is 2.40. The maximum Gasteiger partial charge on any atom is 0.121 e. The van der Waals surface area contributed by atoms with Crippen LogP contribution in [0.25, 0.3) is 11.0 Å². The van der Waals surface area contributed by atoms with Crippen LogP contribution >= 0.6 is 12.6 Å². The maximum absolute atomic E-state index is 5.43. The Morgan fingerprint density at radius 3 is 2.93 bits per heavy atom. The van der Waals surface area contributed by atoms with Crippen LogP contribution in [0.2, 0.25) is 0 Å². The fourth-order valence-corrected chi connectivity index (χ4v) is 1.91. The van der Waals surface area contributed by atoms with Gasteiger partial charge in [0, 0.05) is 18.9 Å². The van der Waals surface area contributed by atoms with Gasteiger partial charge in [-0.25, -0.2) is 4.98 Å². The third-order valence-corrected chi connectivity index (χ3v) is 2.68. The zero-order valence-corrected chi connectivity index (χ0v) is 9.79. The van der Waals surface area contributed by atoms with Crippen molar-refractivity contribution < 1.29 is 4.74 Å². The average molecular weight is 222 g/mol. The summed E-state index contributed by atoms with van der Waals surface area (Å²) in [5.74, 6) is 2.49. The number of imidazole rings is 1. The summed E-state index contributed by atoms with van der Waals surface area (Å²) in [6, 6.07) is 5.96. The molecule has 4 heteroatoms. The highest BCUT2D eigenvalue weighted by Gasteiger charge is 2.06. The smallest absolute Gasteiger partial charge is 0.121 e. The zero-order chi connectivity index (χ0) is 10.8. The minimum absolute atomic E-state index is 0.648. The van der Waals surface area contributed by atoms with Crippen molar-refractivity contribution >= 4 is 23.7 Å². The molecule has 0 N–H and O–H groups in total. The van der Waals surface area contributed by atoms with Gasteiger partial charge in [0.15, 0.2) is 0 Å². The van der Waals surface area contributed by atoms with E-state index in [9.17, 15) is 0 Å². The van der Waals surface area contributed by atoms with E-state index in [1.54, 1.807) is 0 Å². The van der Waals surface area contributed by atoms with Crippen LogP contribution in [0.5, 0.6) is 5.75 Å². The first-order chi connectivity index (χ1) is 7.26. The van der Waals surface area contributed by atoms with Gasteiger partial charge in [-0.3, -0.25) is 0 Å². The van der Waals surface area contributed by atoms with Crippen molar-refractivity contribution in [2.45, 2.75) is 12.7 Å². The van der Waals surface area contributed by atoms with Gasteiger partial charge >= 0.3 is 0 Å². The van der Waals surface area contributed by atoms with Crippen molar-refractivity contribution in [3.05, 3.63) is 24.0 Å². The maximum atomic E-state index is 5.43. The van der Waals surface area contributed by atoms with Gasteiger partial charge < -0.3 is 9.30 Å². The molecule has 0 amide bonds. The minimum Gasteiger partial charge on any atom is -0.494 e.